The number of carbonyl (C=O) groups is 1. The van der Waals surface area contributed by atoms with Gasteiger partial charge in [-0.2, -0.15) is 0 Å². The van der Waals surface area contributed by atoms with Crippen molar-refractivity contribution in [1.29, 1.82) is 0 Å². The van der Waals surface area contributed by atoms with Gasteiger partial charge in [0.15, 0.2) is 0 Å². The van der Waals surface area contributed by atoms with E-state index in [1.807, 2.05) is 0 Å². The third kappa shape index (κ3) is 19.3. The summed E-state index contributed by atoms with van der Waals surface area (Å²) in [5.41, 5.74) is 0. The van der Waals surface area contributed by atoms with Crippen LogP contribution in [0.1, 0.15) is 90.4 Å². The first-order valence-electron chi connectivity index (χ1n) is 11.3. The number of rotatable bonds is 22. The molecule has 1 unspecified atom stereocenters. The molecule has 0 aliphatic rings. The van der Waals surface area contributed by atoms with E-state index in [9.17, 15) is 9.36 Å². The smallest absolute Gasteiger partial charge is 0.466 e. The van der Waals surface area contributed by atoms with E-state index in [2.05, 4.69) is 12.2 Å². The maximum atomic E-state index is 12.1. The zero-order valence-electron chi connectivity index (χ0n) is 18.9. The van der Waals surface area contributed by atoms with Gasteiger partial charge >= 0.3 is 13.8 Å². The van der Waals surface area contributed by atoms with Crippen LogP contribution in [0.4, 0.5) is 0 Å². The highest BCUT2D eigenvalue weighted by Gasteiger charge is 2.24. The lowest BCUT2D eigenvalue weighted by molar-refractivity contribution is -0.144. The van der Waals surface area contributed by atoms with E-state index in [4.69, 9.17) is 18.3 Å². The normalized spacial score (nSPS) is 13.3. The summed E-state index contributed by atoms with van der Waals surface area (Å²) >= 11 is 0. The minimum Gasteiger partial charge on any atom is -0.466 e. The molecule has 29 heavy (non-hydrogen) atoms. The predicted molar refractivity (Wildman–Crippen MR) is 117 cm³/mol. The second-order valence-corrected chi connectivity index (χ2v) is 9.04. The summed E-state index contributed by atoms with van der Waals surface area (Å²) in [4.78, 5) is 11.7. The second kappa shape index (κ2) is 20.8. The molecule has 0 fully saturated rings. The fraction of sp³-hybridized carbons (Fsp3) is 0.952. The van der Waals surface area contributed by atoms with Crippen molar-refractivity contribution in [1.82, 2.24) is 5.32 Å². The van der Waals surface area contributed by atoms with Gasteiger partial charge in [0.1, 0.15) is 0 Å². The standard InChI is InChI=1S/C21H44NO6P/c1-4-5-6-7-8-9-10-11-12-13-14-16-21(23)26-18-15-19-27-29(24,25-3)28-20-17-22-2/h22H,4-20H2,1-3H3. The molecule has 0 radical (unpaired) electrons. The van der Waals surface area contributed by atoms with Gasteiger partial charge in [-0.1, -0.05) is 71.1 Å². The van der Waals surface area contributed by atoms with Crippen molar-refractivity contribution in [2.75, 3.05) is 40.5 Å². The lowest BCUT2D eigenvalue weighted by atomic mass is 10.1. The van der Waals surface area contributed by atoms with Crippen LogP contribution in [0, 0.1) is 0 Å². The molecule has 0 aromatic heterocycles. The molecule has 0 bridgehead atoms. The Hall–Kier alpha value is -0.460. The average Bonchev–Trinajstić information content (AvgIpc) is 2.72. The van der Waals surface area contributed by atoms with E-state index in [1.54, 1.807) is 7.05 Å². The van der Waals surface area contributed by atoms with Gasteiger partial charge < -0.3 is 10.1 Å². The quantitative estimate of drug-likeness (QED) is 0.134. The molecule has 7 nitrogen and oxygen atoms in total. The third-order valence-electron chi connectivity index (χ3n) is 4.61. The van der Waals surface area contributed by atoms with Crippen LogP contribution in [0.25, 0.3) is 0 Å². The van der Waals surface area contributed by atoms with Crippen LogP contribution in [0.3, 0.4) is 0 Å². The molecule has 0 heterocycles. The van der Waals surface area contributed by atoms with Crippen LogP contribution in [-0.2, 0) is 27.7 Å². The van der Waals surface area contributed by atoms with Gasteiger partial charge in [-0.25, -0.2) is 4.57 Å². The first-order chi connectivity index (χ1) is 14.1. The largest absolute Gasteiger partial charge is 0.474 e. The van der Waals surface area contributed by atoms with Crippen LogP contribution in [0.2, 0.25) is 0 Å². The average molecular weight is 438 g/mol. The lowest BCUT2D eigenvalue weighted by Gasteiger charge is -2.15. The first-order valence-corrected chi connectivity index (χ1v) is 12.8. The number of esters is 1. The van der Waals surface area contributed by atoms with Crippen molar-refractivity contribution in [3.8, 4) is 0 Å². The Kier molecular flexibility index (Phi) is 20.5. The van der Waals surface area contributed by atoms with Gasteiger partial charge in [-0.05, 0) is 13.5 Å². The third-order valence-corrected chi connectivity index (χ3v) is 6.06. The Morgan fingerprint density at radius 3 is 1.90 bits per heavy atom. The summed E-state index contributed by atoms with van der Waals surface area (Å²) in [6.45, 7) is 3.42. The fourth-order valence-electron chi connectivity index (χ4n) is 2.83. The number of hydrogen-bond donors (Lipinski definition) is 1. The number of phosphoric acid groups is 1. The number of likely N-dealkylation sites (N-methyl/N-ethyl adjacent to an activating group) is 1. The fourth-order valence-corrected chi connectivity index (χ4v) is 3.78. The number of unbranched alkanes of at least 4 members (excludes halogenated alkanes) is 10. The summed E-state index contributed by atoms with van der Waals surface area (Å²) in [6, 6.07) is 0. The van der Waals surface area contributed by atoms with E-state index >= 15 is 0 Å². The van der Waals surface area contributed by atoms with Crippen molar-refractivity contribution >= 4 is 13.8 Å². The van der Waals surface area contributed by atoms with Crippen molar-refractivity contribution in [2.45, 2.75) is 90.4 Å². The topological polar surface area (TPSA) is 83.1 Å². The van der Waals surface area contributed by atoms with Gasteiger partial charge in [0.25, 0.3) is 0 Å². The molecule has 0 aliphatic carbocycles. The molecule has 8 heteroatoms. The van der Waals surface area contributed by atoms with E-state index in [0.717, 1.165) is 12.8 Å². The lowest BCUT2D eigenvalue weighted by Crippen LogP contribution is -2.14. The van der Waals surface area contributed by atoms with Gasteiger partial charge in [-0.3, -0.25) is 18.4 Å². The molecule has 0 aromatic rings. The molecular weight excluding hydrogens is 393 g/mol. The number of carbonyl (C=O) groups excluding carboxylic acids is 1. The van der Waals surface area contributed by atoms with E-state index in [1.165, 1.54) is 64.9 Å². The summed E-state index contributed by atoms with van der Waals surface area (Å²) < 4.78 is 32.4. The van der Waals surface area contributed by atoms with Gasteiger partial charge in [0, 0.05) is 26.5 Å². The molecule has 0 rings (SSSR count). The molecule has 174 valence electrons. The van der Waals surface area contributed by atoms with Gasteiger partial charge in [-0.15, -0.1) is 0 Å². The maximum Gasteiger partial charge on any atom is 0.474 e. The van der Waals surface area contributed by atoms with E-state index in [0.29, 0.717) is 19.4 Å². The Balaban J connectivity index is 3.46. The highest BCUT2D eigenvalue weighted by atomic mass is 31.2. The molecular formula is C21H44NO6P. The van der Waals surface area contributed by atoms with Crippen LogP contribution in [-0.4, -0.2) is 46.5 Å². The predicted octanol–water partition coefficient (Wildman–Crippen LogP) is 5.63. The Bertz CT molecular complexity index is 422. The molecule has 0 amide bonds. The second-order valence-electron chi connectivity index (χ2n) is 7.26. The Labute approximate surface area is 178 Å². The molecule has 0 spiro atoms. The van der Waals surface area contributed by atoms with Gasteiger partial charge in [0.05, 0.1) is 19.8 Å². The van der Waals surface area contributed by atoms with E-state index in [-0.39, 0.29) is 25.8 Å². The Morgan fingerprint density at radius 1 is 0.793 bits per heavy atom. The van der Waals surface area contributed by atoms with Crippen LogP contribution in [0.5, 0.6) is 0 Å². The number of hydrogen-bond acceptors (Lipinski definition) is 7. The Morgan fingerprint density at radius 2 is 1.34 bits per heavy atom. The van der Waals surface area contributed by atoms with Crippen molar-refractivity contribution in [2.24, 2.45) is 0 Å². The van der Waals surface area contributed by atoms with Crippen LogP contribution >= 0.6 is 7.82 Å². The molecule has 1 atom stereocenters. The summed E-state index contributed by atoms with van der Waals surface area (Å²) in [5, 5.41) is 2.88. The van der Waals surface area contributed by atoms with E-state index < -0.39 is 7.82 Å². The molecule has 1 N–H and O–H groups in total. The highest BCUT2D eigenvalue weighted by molar-refractivity contribution is 7.48. The minimum absolute atomic E-state index is 0.149. The van der Waals surface area contributed by atoms with Crippen molar-refractivity contribution in [3.05, 3.63) is 0 Å². The number of nitrogens with one attached hydrogen (secondary N) is 1. The summed E-state index contributed by atoms with van der Waals surface area (Å²) in [7, 11) is -0.459. The first kappa shape index (κ1) is 28.5. The molecule has 0 aromatic carbocycles. The molecule has 0 saturated heterocycles. The minimum atomic E-state index is -3.52. The number of phosphoric ester groups is 1. The van der Waals surface area contributed by atoms with Crippen LogP contribution < -0.4 is 5.32 Å². The monoisotopic (exact) mass is 437 g/mol. The summed E-state index contributed by atoms with van der Waals surface area (Å²) in [6.07, 6.45) is 14.7. The maximum absolute atomic E-state index is 12.1. The zero-order chi connectivity index (χ0) is 21.6. The molecule has 0 aliphatic heterocycles. The van der Waals surface area contributed by atoms with Crippen molar-refractivity contribution < 1.29 is 27.7 Å². The zero-order valence-corrected chi connectivity index (χ0v) is 19.8. The van der Waals surface area contributed by atoms with Crippen molar-refractivity contribution in [3.63, 3.8) is 0 Å². The number of ether oxygens (including phenoxy) is 1. The van der Waals surface area contributed by atoms with Gasteiger partial charge in [0.2, 0.25) is 0 Å². The highest BCUT2D eigenvalue weighted by Crippen LogP contribution is 2.48. The van der Waals surface area contributed by atoms with Crippen LogP contribution in [0.15, 0.2) is 0 Å². The summed E-state index contributed by atoms with van der Waals surface area (Å²) in [5.74, 6) is -0.180. The SMILES string of the molecule is CCCCCCCCCCCCCC(=O)OCCCOP(=O)(OC)OCCNC. The molecule has 0 saturated carbocycles.